The van der Waals surface area contributed by atoms with Crippen LogP contribution in [0.4, 0.5) is 4.79 Å². The second kappa shape index (κ2) is 6.38. The van der Waals surface area contributed by atoms with E-state index in [4.69, 9.17) is 10.5 Å². The van der Waals surface area contributed by atoms with Crippen LogP contribution in [-0.4, -0.2) is 47.4 Å². The molecule has 0 aliphatic carbocycles. The second-order valence-electron chi connectivity index (χ2n) is 5.96. The quantitative estimate of drug-likeness (QED) is 0.784. The highest BCUT2D eigenvalue weighted by Crippen LogP contribution is 2.22. The number of likely N-dealkylation sites (tertiary alicyclic amines) is 1. The zero-order chi connectivity index (χ0) is 13.8. The first-order chi connectivity index (χ1) is 8.33. The molecule has 5 heteroatoms. The molecule has 1 aliphatic rings. The van der Waals surface area contributed by atoms with Gasteiger partial charge in [-0.2, -0.15) is 0 Å². The van der Waals surface area contributed by atoms with Gasteiger partial charge in [-0.1, -0.05) is 0 Å². The monoisotopic (exact) mass is 258 g/mol. The molecule has 0 saturated carbocycles. The third kappa shape index (κ3) is 4.82. The first-order valence-corrected chi connectivity index (χ1v) is 6.69. The van der Waals surface area contributed by atoms with Crippen LogP contribution in [0.25, 0.3) is 0 Å². The van der Waals surface area contributed by atoms with E-state index in [0.29, 0.717) is 13.1 Å². The summed E-state index contributed by atoms with van der Waals surface area (Å²) in [5, 5.41) is 9.76. The first-order valence-electron chi connectivity index (χ1n) is 6.69. The Balaban J connectivity index is 2.49. The molecule has 1 saturated heterocycles. The number of hydrogen-bond donors (Lipinski definition) is 2. The van der Waals surface area contributed by atoms with Crippen molar-refractivity contribution in [1.29, 1.82) is 0 Å². The van der Waals surface area contributed by atoms with E-state index in [1.54, 1.807) is 4.90 Å². The molecule has 1 rings (SSSR count). The molecule has 5 nitrogen and oxygen atoms in total. The van der Waals surface area contributed by atoms with Crippen LogP contribution >= 0.6 is 0 Å². The standard InChI is InChI=1S/C13H26N2O3/c1-13(2,3)18-12(17)15-7-4-5-10(6-8-15)11(16)9-14/h10-11,16H,4-9,14H2,1-3H3. The van der Waals surface area contributed by atoms with Gasteiger partial charge in [-0.05, 0) is 46.0 Å². The topological polar surface area (TPSA) is 75.8 Å². The van der Waals surface area contributed by atoms with Gasteiger partial charge in [-0.25, -0.2) is 4.79 Å². The summed E-state index contributed by atoms with van der Waals surface area (Å²) in [6.45, 7) is 7.22. The normalized spacial score (nSPS) is 23.4. The Morgan fingerprint density at radius 1 is 1.44 bits per heavy atom. The number of aliphatic hydroxyl groups is 1. The molecule has 1 amide bonds. The van der Waals surface area contributed by atoms with Crippen molar-refractivity contribution < 1.29 is 14.6 Å². The van der Waals surface area contributed by atoms with Gasteiger partial charge in [-0.15, -0.1) is 0 Å². The highest BCUT2D eigenvalue weighted by atomic mass is 16.6. The van der Waals surface area contributed by atoms with E-state index < -0.39 is 11.7 Å². The lowest BCUT2D eigenvalue weighted by Gasteiger charge is -2.26. The lowest BCUT2D eigenvalue weighted by molar-refractivity contribution is 0.0248. The Morgan fingerprint density at radius 2 is 2.11 bits per heavy atom. The molecular formula is C13H26N2O3. The molecule has 1 aliphatic heterocycles. The van der Waals surface area contributed by atoms with Gasteiger partial charge in [0.25, 0.3) is 0 Å². The fourth-order valence-electron chi connectivity index (χ4n) is 2.21. The average molecular weight is 258 g/mol. The van der Waals surface area contributed by atoms with Gasteiger partial charge in [0.05, 0.1) is 6.10 Å². The van der Waals surface area contributed by atoms with E-state index in [1.165, 1.54) is 0 Å². The highest BCUT2D eigenvalue weighted by molar-refractivity contribution is 5.68. The molecule has 0 spiro atoms. The van der Waals surface area contributed by atoms with Crippen LogP contribution in [0.3, 0.4) is 0 Å². The lowest BCUT2D eigenvalue weighted by atomic mass is 9.94. The Labute approximate surface area is 109 Å². The van der Waals surface area contributed by atoms with Crippen LogP contribution in [0.15, 0.2) is 0 Å². The van der Waals surface area contributed by atoms with Crippen LogP contribution in [-0.2, 0) is 4.74 Å². The molecule has 3 N–H and O–H groups in total. The summed E-state index contributed by atoms with van der Waals surface area (Å²) in [4.78, 5) is 13.7. The maximum Gasteiger partial charge on any atom is 0.410 e. The zero-order valence-corrected chi connectivity index (χ0v) is 11.7. The molecule has 106 valence electrons. The van der Waals surface area contributed by atoms with Crippen molar-refractivity contribution in [3.05, 3.63) is 0 Å². The summed E-state index contributed by atoms with van der Waals surface area (Å²) >= 11 is 0. The number of ether oxygens (including phenoxy) is 1. The van der Waals surface area contributed by atoms with E-state index in [1.807, 2.05) is 20.8 Å². The Morgan fingerprint density at radius 3 is 2.67 bits per heavy atom. The number of hydrogen-bond acceptors (Lipinski definition) is 4. The van der Waals surface area contributed by atoms with E-state index in [9.17, 15) is 9.90 Å². The molecule has 1 fully saturated rings. The van der Waals surface area contributed by atoms with Crippen molar-refractivity contribution in [3.8, 4) is 0 Å². The number of carbonyl (C=O) groups is 1. The van der Waals surface area contributed by atoms with Crippen LogP contribution in [0, 0.1) is 5.92 Å². The SMILES string of the molecule is CC(C)(C)OC(=O)N1CCCC(C(O)CN)CC1. The lowest BCUT2D eigenvalue weighted by Crippen LogP contribution is -2.37. The first kappa shape index (κ1) is 15.2. The Bertz CT molecular complexity index is 276. The summed E-state index contributed by atoms with van der Waals surface area (Å²) in [6.07, 6.45) is 1.88. The summed E-state index contributed by atoms with van der Waals surface area (Å²) in [5.74, 6) is 0.197. The van der Waals surface area contributed by atoms with E-state index in [0.717, 1.165) is 19.3 Å². The van der Waals surface area contributed by atoms with Crippen LogP contribution in [0.2, 0.25) is 0 Å². The van der Waals surface area contributed by atoms with Crippen molar-refractivity contribution in [1.82, 2.24) is 4.90 Å². The van der Waals surface area contributed by atoms with Gasteiger partial charge in [0.2, 0.25) is 0 Å². The van der Waals surface area contributed by atoms with Gasteiger partial charge in [0, 0.05) is 19.6 Å². The smallest absolute Gasteiger partial charge is 0.410 e. The van der Waals surface area contributed by atoms with E-state index in [-0.39, 0.29) is 18.6 Å². The van der Waals surface area contributed by atoms with Gasteiger partial charge < -0.3 is 20.5 Å². The van der Waals surface area contributed by atoms with E-state index in [2.05, 4.69) is 0 Å². The maximum atomic E-state index is 11.9. The molecular weight excluding hydrogens is 232 g/mol. The fraction of sp³-hybridized carbons (Fsp3) is 0.923. The summed E-state index contributed by atoms with van der Waals surface area (Å²) < 4.78 is 5.35. The Hall–Kier alpha value is -0.810. The third-order valence-corrected chi connectivity index (χ3v) is 3.21. The minimum Gasteiger partial charge on any atom is -0.444 e. The van der Waals surface area contributed by atoms with Crippen molar-refractivity contribution in [2.45, 2.75) is 51.7 Å². The maximum absolute atomic E-state index is 11.9. The van der Waals surface area contributed by atoms with Gasteiger partial charge in [0.1, 0.15) is 5.60 Å². The number of nitrogens with two attached hydrogens (primary N) is 1. The van der Waals surface area contributed by atoms with Crippen LogP contribution in [0.1, 0.15) is 40.0 Å². The molecule has 18 heavy (non-hydrogen) atoms. The Kier molecular flexibility index (Phi) is 5.41. The van der Waals surface area contributed by atoms with Crippen molar-refractivity contribution in [2.24, 2.45) is 11.7 Å². The molecule has 0 aromatic heterocycles. The molecule has 0 radical (unpaired) electrons. The molecule has 0 aromatic carbocycles. The van der Waals surface area contributed by atoms with Gasteiger partial charge in [-0.3, -0.25) is 0 Å². The van der Waals surface area contributed by atoms with E-state index >= 15 is 0 Å². The average Bonchev–Trinajstić information content (AvgIpc) is 2.51. The predicted molar refractivity (Wildman–Crippen MR) is 70.2 cm³/mol. The van der Waals surface area contributed by atoms with Crippen LogP contribution < -0.4 is 5.73 Å². The predicted octanol–water partition coefficient (Wildman–Crippen LogP) is 1.34. The summed E-state index contributed by atoms with van der Waals surface area (Å²) in [7, 11) is 0. The highest BCUT2D eigenvalue weighted by Gasteiger charge is 2.27. The number of carbonyl (C=O) groups excluding carboxylic acids is 1. The van der Waals surface area contributed by atoms with Crippen molar-refractivity contribution in [3.63, 3.8) is 0 Å². The van der Waals surface area contributed by atoms with Gasteiger partial charge in [0.15, 0.2) is 0 Å². The number of nitrogens with zero attached hydrogens (tertiary/aromatic N) is 1. The second-order valence-corrected chi connectivity index (χ2v) is 5.96. The molecule has 1 heterocycles. The number of aliphatic hydroxyl groups excluding tert-OH is 1. The minimum atomic E-state index is -0.459. The zero-order valence-electron chi connectivity index (χ0n) is 11.7. The molecule has 2 atom stereocenters. The number of rotatable bonds is 2. The molecule has 0 bridgehead atoms. The summed E-state index contributed by atoms with van der Waals surface area (Å²) in [6, 6.07) is 0. The van der Waals surface area contributed by atoms with Gasteiger partial charge >= 0.3 is 6.09 Å². The van der Waals surface area contributed by atoms with Crippen molar-refractivity contribution in [2.75, 3.05) is 19.6 Å². The third-order valence-electron chi connectivity index (χ3n) is 3.21. The van der Waals surface area contributed by atoms with Crippen molar-refractivity contribution >= 4 is 6.09 Å². The number of amides is 1. The fourth-order valence-corrected chi connectivity index (χ4v) is 2.21. The largest absolute Gasteiger partial charge is 0.444 e. The molecule has 0 aromatic rings. The van der Waals surface area contributed by atoms with Crippen LogP contribution in [0.5, 0.6) is 0 Å². The minimum absolute atomic E-state index is 0.197. The molecule has 2 unspecified atom stereocenters. The summed E-state index contributed by atoms with van der Waals surface area (Å²) in [5.41, 5.74) is 5.02.